The van der Waals surface area contributed by atoms with Crippen LogP contribution in [0.3, 0.4) is 0 Å². The average molecular weight is 470 g/mol. The van der Waals surface area contributed by atoms with Crippen molar-refractivity contribution in [2.45, 2.75) is 32.5 Å². The molecule has 0 saturated heterocycles. The second-order valence-corrected chi connectivity index (χ2v) is 10.0. The van der Waals surface area contributed by atoms with Gasteiger partial charge in [-0.15, -0.1) is 0 Å². The normalized spacial score (nSPS) is 23.4. The van der Waals surface area contributed by atoms with Crippen molar-refractivity contribution in [3.63, 3.8) is 0 Å². The fourth-order valence-electron chi connectivity index (χ4n) is 6.03. The summed E-state index contributed by atoms with van der Waals surface area (Å²) < 4.78 is 47.1. The SMILES string of the molecule is [2H]C([2H])([2H])c1c[n+](C)c(-c2ccccc2C)cc1-c1ccc2c(c1)C1([2H])c3ccccc3C2([2H])c2cc(C)ccc21. The quantitative estimate of drug-likeness (QED) is 0.233. The van der Waals surface area contributed by atoms with E-state index in [1.165, 1.54) is 0 Å². The van der Waals surface area contributed by atoms with Crippen LogP contribution in [0.15, 0.2) is 97.2 Å². The summed E-state index contributed by atoms with van der Waals surface area (Å²) in [5.74, 6) is -2.37. The first-order valence-electron chi connectivity index (χ1n) is 14.9. The topological polar surface area (TPSA) is 3.88 Å². The Balaban J connectivity index is 1.52. The number of nitrogens with zero attached hydrogens (tertiary/aromatic N) is 1. The summed E-state index contributed by atoms with van der Waals surface area (Å²) in [5, 5.41) is 0. The fourth-order valence-corrected chi connectivity index (χ4v) is 6.03. The predicted molar refractivity (Wildman–Crippen MR) is 147 cm³/mol. The molecule has 8 rings (SSSR count). The number of hydrogen-bond donors (Lipinski definition) is 0. The third kappa shape index (κ3) is 2.99. The minimum atomic E-state index is -2.34. The number of aromatic nitrogens is 1. The second kappa shape index (κ2) is 7.77. The molecule has 4 aromatic carbocycles. The molecule has 174 valence electrons. The van der Waals surface area contributed by atoms with Gasteiger partial charge in [0.05, 0.1) is 0 Å². The molecule has 0 amide bonds. The lowest BCUT2D eigenvalue weighted by atomic mass is 9.60. The standard InChI is InChI=1S/C35H30N/c1-21-13-15-28-31(17-21)34-26-11-7-8-12-27(26)35(28)32-18-24(14-16-29(32)34)30-19-33(36(4)20-23(30)3)25-10-6-5-9-22(25)2/h5-20,34-35H,1-4H3/q+1/i3D3,34D,35D. The van der Waals surface area contributed by atoms with Crippen LogP contribution in [0.5, 0.6) is 0 Å². The third-order valence-corrected chi connectivity index (χ3v) is 7.74. The lowest BCUT2D eigenvalue weighted by molar-refractivity contribution is -0.660. The van der Waals surface area contributed by atoms with Crippen LogP contribution < -0.4 is 4.57 Å². The molecule has 3 aliphatic rings. The van der Waals surface area contributed by atoms with Gasteiger partial charge in [-0.3, -0.25) is 0 Å². The summed E-state index contributed by atoms with van der Waals surface area (Å²) in [6, 6.07) is 29.8. The predicted octanol–water partition coefficient (Wildman–Crippen LogP) is 7.76. The summed E-state index contributed by atoms with van der Waals surface area (Å²) in [6.45, 7) is 1.74. The van der Waals surface area contributed by atoms with Gasteiger partial charge in [-0.2, -0.15) is 0 Å². The monoisotopic (exact) mass is 469 g/mol. The highest BCUT2D eigenvalue weighted by Crippen LogP contribution is 2.56. The molecule has 2 atom stereocenters. The number of hydrogen-bond acceptors (Lipinski definition) is 0. The molecular formula is C35H30N+. The molecule has 0 N–H and O–H groups in total. The highest BCUT2D eigenvalue weighted by Gasteiger charge is 2.41. The Labute approximate surface area is 220 Å². The van der Waals surface area contributed by atoms with Crippen molar-refractivity contribution in [1.82, 2.24) is 0 Å². The van der Waals surface area contributed by atoms with Gasteiger partial charge < -0.3 is 0 Å². The molecule has 3 aliphatic carbocycles. The van der Waals surface area contributed by atoms with Crippen molar-refractivity contribution >= 4 is 0 Å². The zero-order valence-corrected chi connectivity index (χ0v) is 20.7. The van der Waals surface area contributed by atoms with Crippen molar-refractivity contribution in [2.24, 2.45) is 7.05 Å². The molecule has 0 radical (unpaired) electrons. The van der Waals surface area contributed by atoms with E-state index in [1.54, 1.807) is 6.20 Å². The molecule has 5 aromatic rings. The molecule has 0 saturated carbocycles. The Bertz CT molecular complexity index is 1910. The molecule has 2 unspecified atom stereocenters. The van der Waals surface area contributed by atoms with E-state index in [0.717, 1.165) is 61.3 Å². The lowest BCUT2D eigenvalue weighted by Gasteiger charge is -2.42. The van der Waals surface area contributed by atoms with Crippen molar-refractivity contribution in [2.75, 3.05) is 0 Å². The number of rotatable bonds is 2. The summed E-state index contributed by atoms with van der Waals surface area (Å²) in [7, 11) is 1.88. The Morgan fingerprint density at radius 1 is 0.639 bits per heavy atom. The van der Waals surface area contributed by atoms with E-state index >= 15 is 0 Å². The molecular weight excluding hydrogens is 434 g/mol. The maximum Gasteiger partial charge on any atom is 0.213 e. The van der Waals surface area contributed by atoms with Gasteiger partial charge in [-0.05, 0) is 82.9 Å². The van der Waals surface area contributed by atoms with Crippen LogP contribution in [-0.2, 0) is 7.05 Å². The van der Waals surface area contributed by atoms with E-state index in [9.17, 15) is 2.74 Å². The smallest absolute Gasteiger partial charge is 0.201 e. The fraction of sp³-hybridized carbons (Fsp3) is 0.171. The Kier molecular flexibility index (Phi) is 3.59. The number of benzene rings is 4. The van der Waals surface area contributed by atoms with Crippen molar-refractivity contribution in [3.8, 4) is 22.4 Å². The van der Waals surface area contributed by atoms with Gasteiger partial charge in [0.2, 0.25) is 5.69 Å². The highest BCUT2D eigenvalue weighted by molar-refractivity contribution is 5.76. The van der Waals surface area contributed by atoms with Crippen LogP contribution in [0.4, 0.5) is 0 Å². The third-order valence-electron chi connectivity index (χ3n) is 7.74. The van der Waals surface area contributed by atoms with Crippen LogP contribution in [0.25, 0.3) is 22.4 Å². The minimum Gasteiger partial charge on any atom is -0.201 e. The van der Waals surface area contributed by atoms with Gasteiger partial charge in [-0.25, -0.2) is 4.57 Å². The zero-order valence-electron chi connectivity index (χ0n) is 25.7. The maximum atomic E-state index is 10.1. The summed E-state index contributed by atoms with van der Waals surface area (Å²) in [5.41, 5.74) is 10.6. The van der Waals surface area contributed by atoms with Crippen LogP contribution in [0.1, 0.15) is 68.7 Å². The van der Waals surface area contributed by atoms with E-state index in [-0.39, 0.29) is 5.56 Å². The largest absolute Gasteiger partial charge is 0.213 e. The maximum absolute atomic E-state index is 10.1. The summed E-state index contributed by atoms with van der Waals surface area (Å²) >= 11 is 0. The summed E-state index contributed by atoms with van der Waals surface area (Å²) in [4.78, 5) is 0. The first kappa shape index (κ1) is 16.7. The van der Waals surface area contributed by atoms with Gasteiger partial charge in [0.1, 0.15) is 7.05 Å². The van der Waals surface area contributed by atoms with Gasteiger partial charge in [-0.1, -0.05) is 78.4 Å². The Morgan fingerprint density at radius 2 is 1.28 bits per heavy atom. The first-order chi connectivity index (χ1) is 19.5. The average Bonchev–Trinajstić information content (AvgIpc) is 2.95. The molecule has 1 heteroatoms. The summed E-state index contributed by atoms with van der Waals surface area (Å²) in [6.07, 6.45) is 1.71. The van der Waals surface area contributed by atoms with Gasteiger partial charge in [0.15, 0.2) is 6.20 Å². The molecule has 2 bridgehead atoms. The van der Waals surface area contributed by atoms with Gasteiger partial charge in [0.25, 0.3) is 0 Å². The molecule has 1 aromatic heterocycles. The van der Waals surface area contributed by atoms with Crippen molar-refractivity contribution in [3.05, 3.63) is 147 Å². The minimum absolute atomic E-state index is 0.259. The first-order valence-corrected chi connectivity index (χ1v) is 12.4. The number of aryl methyl sites for hydroxylation is 4. The molecule has 1 heterocycles. The van der Waals surface area contributed by atoms with E-state index in [0.29, 0.717) is 5.56 Å². The van der Waals surface area contributed by atoms with Crippen LogP contribution in [0, 0.1) is 20.7 Å². The van der Waals surface area contributed by atoms with Gasteiger partial charge >= 0.3 is 0 Å². The van der Waals surface area contributed by atoms with E-state index in [4.69, 9.17) is 4.11 Å². The number of pyridine rings is 1. The Morgan fingerprint density at radius 3 is 2.00 bits per heavy atom. The van der Waals surface area contributed by atoms with Crippen molar-refractivity contribution < 1.29 is 11.4 Å². The van der Waals surface area contributed by atoms with Crippen LogP contribution in [-0.4, -0.2) is 0 Å². The van der Waals surface area contributed by atoms with Crippen LogP contribution >= 0.6 is 0 Å². The molecule has 1 nitrogen and oxygen atoms in total. The van der Waals surface area contributed by atoms with E-state index < -0.39 is 18.6 Å². The zero-order chi connectivity index (χ0) is 28.9. The molecule has 0 aliphatic heterocycles. The lowest BCUT2D eigenvalue weighted by Crippen LogP contribution is -2.31. The van der Waals surface area contributed by atoms with Crippen LogP contribution in [0.2, 0.25) is 0 Å². The molecule has 0 spiro atoms. The van der Waals surface area contributed by atoms with E-state index in [1.807, 2.05) is 97.4 Å². The Hall–Kier alpha value is -3.97. The van der Waals surface area contributed by atoms with Crippen molar-refractivity contribution in [1.29, 1.82) is 0 Å². The molecule has 36 heavy (non-hydrogen) atoms. The second-order valence-electron chi connectivity index (χ2n) is 10.0. The van der Waals surface area contributed by atoms with E-state index in [2.05, 4.69) is 19.1 Å². The molecule has 0 fully saturated rings. The van der Waals surface area contributed by atoms with Gasteiger partial charge in [0, 0.05) is 35.8 Å². The highest BCUT2D eigenvalue weighted by atomic mass is 14.9.